The predicted octanol–water partition coefficient (Wildman–Crippen LogP) is 12.8. The summed E-state index contributed by atoms with van der Waals surface area (Å²) in [7, 11) is 0. The molecular weight excluding hydrogens is 492 g/mol. The van der Waals surface area contributed by atoms with Crippen LogP contribution >= 0.6 is 0 Å². The van der Waals surface area contributed by atoms with Gasteiger partial charge in [-0.2, -0.15) is 0 Å². The van der Waals surface area contributed by atoms with Crippen molar-refractivity contribution < 1.29 is 0 Å². The molecule has 0 fully saturated rings. The number of allylic oxidation sites excluding steroid dienone is 14. The molecule has 0 heterocycles. The van der Waals surface area contributed by atoms with Gasteiger partial charge in [0.05, 0.1) is 0 Å². The molecule has 0 saturated carbocycles. The highest BCUT2D eigenvalue weighted by atomic mass is 14.2. The van der Waals surface area contributed by atoms with Gasteiger partial charge >= 0.3 is 0 Å². The molecule has 0 aliphatic heterocycles. The Labute approximate surface area is 252 Å². The van der Waals surface area contributed by atoms with Crippen molar-refractivity contribution in [3.05, 3.63) is 143 Å². The van der Waals surface area contributed by atoms with E-state index in [0.717, 1.165) is 18.3 Å². The summed E-state index contributed by atoms with van der Waals surface area (Å²) in [6, 6.07) is 21.2. The average Bonchev–Trinajstić information content (AvgIpc) is 3.51. The normalized spacial score (nSPS) is 15.2. The minimum atomic E-state index is 0.731. The van der Waals surface area contributed by atoms with Crippen LogP contribution < -0.4 is 0 Å². The molecule has 218 valence electrons. The topological polar surface area (TPSA) is 0 Å². The minimum Gasteiger partial charge on any atom is -0.0842 e. The lowest BCUT2D eigenvalue weighted by Crippen LogP contribution is -2.03. The zero-order valence-corrected chi connectivity index (χ0v) is 27.1. The molecule has 2 aromatic rings. The average molecular weight is 547 g/mol. The Balaban J connectivity index is 0.000000213. The van der Waals surface area contributed by atoms with Crippen LogP contribution in [-0.4, -0.2) is 0 Å². The first kappa shape index (κ1) is 33.8. The summed E-state index contributed by atoms with van der Waals surface area (Å²) in [6.45, 7) is 17.6. The fourth-order valence-corrected chi connectivity index (χ4v) is 4.40. The maximum atomic E-state index is 2.32. The van der Waals surface area contributed by atoms with Crippen molar-refractivity contribution in [1.29, 1.82) is 0 Å². The van der Waals surface area contributed by atoms with E-state index in [1.54, 1.807) is 11.1 Å². The first-order valence-corrected chi connectivity index (χ1v) is 15.5. The summed E-state index contributed by atoms with van der Waals surface area (Å²) in [6.07, 6.45) is 23.7. The van der Waals surface area contributed by atoms with Crippen LogP contribution in [0.2, 0.25) is 0 Å². The molecule has 0 nitrogen and oxygen atoms in total. The second kappa shape index (κ2) is 18.9. The zero-order chi connectivity index (χ0) is 30.0. The maximum absolute atomic E-state index is 2.32. The maximum Gasteiger partial charge on any atom is -0.00139 e. The lowest BCUT2D eigenvalue weighted by molar-refractivity contribution is 0.651. The van der Waals surface area contributed by atoms with Gasteiger partial charge in [-0.1, -0.05) is 159 Å². The Morgan fingerprint density at radius 1 is 0.512 bits per heavy atom. The zero-order valence-electron chi connectivity index (χ0n) is 27.1. The number of hydrogen-bond donors (Lipinski definition) is 0. The summed E-state index contributed by atoms with van der Waals surface area (Å²) in [5.74, 6) is 1.46. The quantitative estimate of drug-likeness (QED) is 0.335. The monoisotopic (exact) mass is 546 g/mol. The van der Waals surface area contributed by atoms with Crippen LogP contribution in [0.4, 0.5) is 0 Å². The summed E-state index contributed by atoms with van der Waals surface area (Å²) in [5, 5.41) is 0. The molecule has 3 aliphatic rings. The SMILES string of the molecule is C1=C(c2ccccc2)CC(c2ccccc2)=C1.C1=CCCC=C1.CC(C)=C(C)C.CC(C)C1=CC=C(C(C)C)CC1. The van der Waals surface area contributed by atoms with Crippen LogP contribution in [0, 0.1) is 11.8 Å². The van der Waals surface area contributed by atoms with E-state index in [-0.39, 0.29) is 0 Å². The Morgan fingerprint density at radius 2 is 0.878 bits per heavy atom. The molecule has 0 N–H and O–H groups in total. The lowest BCUT2D eigenvalue weighted by Gasteiger charge is -2.19. The van der Waals surface area contributed by atoms with Gasteiger partial charge in [-0.15, -0.1) is 0 Å². The van der Waals surface area contributed by atoms with Gasteiger partial charge in [-0.3, -0.25) is 0 Å². The van der Waals surface area contributed by atoms with Crippen molar-refractivity contribution in [3.8, 4) is 0 Å². The number of hydrogen-bond acceptors (Lipinski definition) is 0. The molecule has 0 bridgehead atoms. The first-order valence-electron chi connectivity index (χ1n) is 15.5. The van der Waals surface area contributed by atoms with E-state index in [4.69, 9.17) is 0 Å². The molecule has 0 heteroatoms. The van der Waals surface area contributed by atoms with Crippen LogP contribution in [0.25, 0.3) is 11.1 Å². The third-order valence-electron chi connectivity index (χ3n) is 7.74. The Kier molecular flexibility index (Phi) is 15.6. The first-order chi connectivity index (χ1) is 19.7. The van der Waals surface area contributed by atoms with Crippen LogP contribution in [0.15, 0.2) is 132 Å². The van der Waals surface area contributed by atoms with E-state index in [1.807, 2.05) is 0 Å². The Morgan fingerprint density at radius 3 is 1.12 bits per heavy atom. The smallest absolute Gasteiger partial charge is 0.00139 e. The predicted molar refractivity (Wildman–Crippen MR) is 186 cm³/mol. The van der Waals surface area contributed by atoms with Crippen LogP contribution in [0.3, 0.4) is 0 Å². The van der Waals surface area contributed by atoms with E-state index >= 15 is 0 Å². The van der Waals surface area contributed by atoms with E-state index in [0.29, 0.717) is 0 Å². The highest BCUT2D eigenvalue weighted by molar-refractivity contribution is 5.86. The molecule has 0 aromatic heterocycles. The third kappa shape index (κ3) is 13.2. The molecular formula is C41H54. The van der Waals surface area contributed by atoms with Gasteiger partial charge in [0.25, 0.3) is 0 Å². The molecule has 5 rings (SSSR count). The van der Waals surface area contributed by atoms with Gasteiger partial charge in [0, 0.05) is 0 Å². The van der Waals surface area contributed by atoms with Gasteiger partial charge < -0.3 is 0 Å². The lowest BCUT2D eigenvalue weighted by atomic mass is 9.87. The second-order valence-electron chi connectivity index (χ2n) is 12.0. The van der Waals surface area contributed by atoms with Gasteiger partial charge in [-0.05, 0) is 93.9 Å². The molecule has 0 radical (unpaired) electrons. The second-order valence-corrected chi connectivity index (χ2v) is 12.0. The Bertz CT molecular complexity index is 1140. The van der Waals surface area contributed by atoms with Gasteiger partial charge in [0.15, 0.2) is 0 Å². The molecule has 41 heavy (non-hydrogen) atoms. The van der Waals surface area contributed by atoms with Crippen molar-refractivity contribution in [3.63, 3.8) is 0 Å². The van der Waals surface area contributed by atoms with Crippen molar-refractivity contribution >= 4 is 11.1 Å². The van der Waals surface area contributed by atoms with Crippen molar-refractivity contribution in [2.75, 3.05) is 0 Å². The fraction of sp³-hybridized carbons (Fsp3) is 0.366. The van der Waals surface area contributed by atoms with Gasteiger partial charge in [0.1, 0.15) is 0 Å². The van der Waals surface area contributed by atoms with Crippen LogP contribution in [-0.2, 0) is 0 Å². The summed E-state index contributed by atoms with van der Waals surface area (Å²) >= 11 is 0. The molecule has 2 aromatic carbocycles. The molecule has 0 spiro atoms. The van der Waals surface area contributed by atoms with Crippen molar-refractivity contribution in [2.45, 2.75) is 87.5 Å². The third-order valence-corrected chi connectivity index (χ3v) is 7.74. The fourth-order valence-electron chi connectivity index (χ4n) is 4.40. The van der Waals surface area contributed by atoms with E-state index in [1.165, 1.54) is 59.1 Å². The van der Waals surface area contributed by atoms with Crippen molar-refractivity contribution in [2.24, 2.45) is 11.8 Å². The van der Waals surface area contributed by atoms with E-state index < -0.39 is 0 Å². The summed E-state index contributed by atoms with van der Waals surface area (Å²) in [4.78, 5) is 0. The van der Waals surface area contributed by atoms with Gasteiger partial charge in [-0.25, -0.2) is 0 Å². The number of rotatable bonds is 4. The van der Waals surface area contributed by atoms with E-state index in [2.05, 4.69) is 165 Å². The molecule has 0 unspecified atom stereocenters. The molecule has 3 aliphatic carbocycles. The van der Waals surface area contributed by atoms with E-state index in [9.17, 15) is 0 Å². The highest BCUT2D eigenvalue weighted by Crippen LogP contribution is 2.33. The molecule has 0 saturated heterocycles. The number of benzene rings is 2. The summed E-state index contributed by atoms with van der Waals surface area (Å²) < 4.78 is 0. The Hall–Kier alpha value is -3.38. The molecule has 0 amide bonds. The van der Waals surface area contributed by atoms with Crippen molar-refractivity contribution in [1.82, 2.24) is 0 Å². The largest absolute Gasteiger partial charge is 0.0842 e. The van der Waals surface area contributed by atoms with Gasteiger partial charge in [0.2, 0.25) is 0 Å². The standard InChI is InChI=1S/C17H14.C12H20.C6H8.C6H12/c1-3-7-14(8-4-1)16-11-12-17(13-16)15-9-5-2-6-10-15;1-9(2)11-5-7-12(8-6-11)10(3)4;1-2-4-6-5-3-1;1-5(2)6(3)4/h1-12H,13H2;5,7,9-10H,6,8H2,1-4H3;1-4H,5-6H2;1-4H3. The molecule has 0 atom stereocenters. The summed E-state index contributed by atoms with van der Waals surface area (Å²) in [5.41, 5.74) is 11.5. The highest BCUT2D eigenvalue weighted by Gasteiger charge is 2.12. The minimum absolute atomic E-state index is 0.731. The van der Waals surface area contributed by atoms with Crippen LogP contribution in [0.1, 0.15) is 98.6 Å². The van der Waals surface area contributed by atoms with Crippen LogP contribution in [0.5, 0.6) is 0 Å².